The first-order valence-electron chi connectivity index (χ1n) is 9.31. The van der Waals surface area contributed by atoms with Crippen LogP contribution in [0.25, 0.3) is 0 Å². The number of amides is 1. The zero-order valence-corrected chi connectivity index (χ0v) is 18.0. The number of carbonyl (C=O) groups is 1. The van der Waals surface area contributed by atoms with Gasteiger partial charge in [-0.25, -0.2) is 0 Å². The molecule has 2 aromatic rings. The van der Waals surface area contributed by atoms with E-state index in [1.165, 1.54) is 0 Å². The molecule has 1 N–H and O–H groups in total. The van der Waals surface area contributed by atoms with Gasteiger partial charge in [-0.2, -0.15) is 0 Å². The van der Waals surface area contributed by atoms with Crippen molar-refractivity contribution >= 4 is 21.8 Å². The maximum absolute atomic E-state index is 12.4. The number of nitrogens with one attached hydrogen (secondary N) is 1. The largest absolute Gasteiger partial charge is 0.492 e. The van der Waals surface area contributed by atoms with Gasteiger partial charge in [0.2, 0.25) is 0 Å². The van der Waals surface area contributed by atoms with Crippen molar-refractivity contribution in [2.24, 2.45) is 5.92 Å². The van der Waals surface area contributed by atoms with E-state index in [0.29, 0.717) is 24.6 Å². The number of rotatable bonds is 9. The molecule has 0 spiro atoms. The summed E-state index contributed by atoms with van der Waals surface area (Å²) >= 11 is 3.49. The Kier molecular flexibility index (Phi) is 8.17. The molecule has 5 heteroatoms. The fourth-order valence-corrected chi connectivity index (χ4v) is 2.90. The Balaban J connectivity index is 1.89. The molecule has 27 heavy (non-hydrogen) atoms. The van der Waals surface area contributed by atoms with Gasteiger partial charge in [0.25, 0.3) is 5.91 Å². The fraction of sp³-hybridized carbons (Fsp3) is 0.409. The lowest BCUT2D eigenvalue weighted by atomic mass is 10.1. The molecule has 0 bridgehead atoms. The van der Waals surface area contributed by atoms with Gasteiger partial charge in [-0.3, -0.25) is 4.79 Å². The van der Waals surface area contributed by atoms with Gasteiger partial charge in [0.1, 0.15) is 11.5 Å². The lowest BCUT2D eigenvalue weighted by Gasteiger charge is -2.12. The standard InChI is InChI=1S/C22H28BrNO3/c1-15(2)11-12-26-21-10-7-18(13-20(21)23)22(25)24-14-17-5-8-19(9-6-17)27-16(3)4/h5-10,13,15-16H,11-12,14H2,1-4H3,(H,24,25). The van der Waals surface area contributed by atoms with Gasteiger partial charge in [-0.05, 0) is 78.0 Å². The van der Waals surface area contributed by atoms with Crippen molar-refractivity contribution in [2.45, 2.75) is 46.8 Å². The molecule has 0 saturated heterocycles. The highest BCUT2D eigenvalue weighted by atomic mass is 79.9. The van der Waals surface area contributed by atoms with E-state index in [2.05, 4.69) is 35.1 Å². The van der Waals surface area contributed by atoms with Crippen LogP contribution in [-0.4, -0.2) is 18.6 Å². The van der Waals surface area contributed by atoms with Crippen LogP contribution in [-0.2, 0) is 6.54 Å². The normalized spacial score (nSPS) is 10.9. The van der Waals surface area contributed by atoms with Gasteiger partial charge < -0.3 is 14.8 Å². The molecule has 0 aliphatic rings. The second-order valence-corrected chi connectivity index (χ2v) is 8.02. The fourth-order valence-electron chi connectivity index (χ4n) is 2.41. The SMILES string of the molecule is CC(C)CCOc1ccc(C(=O)NCc2ccc(OC(C)C)cc2)cc1Br. The number of benzene rings is 2. The summed E-state index contributed by atoms with van der Waals surface area (Å²) in [5.74, 6) is 2.07. The van der Waals surface area contributed by atoms with Crippen LogP contribution >= 0.6 is 15.9 Å². The monoisotopic (exact) mass is 433 g/mol. The molecule has 0 unspecified atom stereocenters. The molecule has 0 aliphatic carbocycles. The summed E-state index contributed by atoms with van der Waals surface area (Å²) in [4.78, 5) is 12.4. The molecule has 0 radical (unpaired) electrons. The van der Waals surface area contributed by atoms with Gasteiger partial charge in [0.05, 0.1) is 17.2 Å². The lowest BCUT2D eigenvalue weighted by Crippen LogP contribution is -2.22. The summed E-state index contributed by atoms with van der Waals surface area (Å²) in [6.45, 7) is 9.44. The minimum Gasteiger partial charge on any atom is -0.492 e. The van der Waals surface area contributed by atoms with E-state index in [4.69, 9.17) is 9.47 Å². The highest BCUT2D eigenvalue weighted by molar-refractivity contribution is 9.10. The van der Waals surface area contributed by atoms with E-state index < -0.39 is 0 Å². The van der Waals surface area contributed by atoms with E-state index in [-0.39, 0.29) is 12.0 Å². The number of carbonyl (C=O) groups excluding carboxylic acids is 1. The second kappa shape index (κ2) is 10.4. The van der Waals surface area contributed by atoms with E-state index in [1.54, 1.807) is 12.1 Å². The topological polar surface area (TPSA) is 47.6 Å². The molecule has 4 nitrogen and oxygen atoms in total. The van der Waals surface area contributed by atoms with Crippen LogP contribution in [0, 0.1) is 5.92 Å². The Morgan fingerprint density at radius 3 is 2.37 bits per heavy atom. The van der Waals surface area contributed by atoms with Gasteiger partial charge in [-0.1, -0.05) is 26.0 Å². The molecule has 0 heterocycles. The third kappa shape index (κ3) is 7.25. The summed E-state index contributed by atoms with van der Waals surface area (Å²) < 4.78 is 12.2. The van der Waals surface area contributed by atoms with Crippen molar-refractivity contribution in [3.05, 3.63) is 58.1 Å². The van der Waals surface area contributed by atoms with Crippen LogP contribution in [0.5, 0.6) is 11.5 Å². The van der Waals surface area contributed by atoms with E-state index in [9.17, 15) is 4.79 Å². The second-order valence-electron chi connectivity index (χ2n) is 7.17. The number of ether oxygens (including phenoxy) is 2. The van der Waals surface area contributed by atoms with Gasteiger partial charge >= 0.3 is 0 Å². The Morgan fingerprint density at radius 1 is 1.07 bits per heavy atom. The summed E-state index contributed by atoms with van der Waals surface area (Å²) in [6.07, 6.45) is 1.14. The molecular weight excluding hydrogens is 406 g/mol. The smallest absolute Gasteiger partial charge is 0.251 e. The molecule has 2 aromatic carbocycles. The molecular formula is C22H28BrNO3. The summed E-state index contributed by atoms with van der Waals surface area (Å²) in [5.41, 5.74) is 1.62. The molecule has 0 aromatic heterocycles. The quantitative estimate of drug-likeness (QED) is 0.560. The zero-order valence-electron chi connectivity index (χ0n) is 16.4. The van der Waals surface area contributed by atoms with Crippen LogP contribution in [0.4, 0.5) is 0 Å². The molecule has 0 atom stereocenters. The van der Waals surface area contributed by atoms with E-state index in [0.717, 1.165) is 28.0 Å². The third-order valence-corrected chi connectivity index (χ3v) is 4.51. The van der Waals surface area contributed by atoms with Crippen LogP contribution in [0.15, 0.2) is 46.9 Å². The predicted octanol–water partition coefficient (Wildman–Crippen LogP) is 5.59. The molecule has 146 valence electrons. The molecule has 0 aliphatic heterocycles. The summed E-state index contributed by atoms with van der Waals surface area (Å²) in [6, 6.07) is 13.2. The molecule has 1 amide bonds. The molecule has 0 saturated carbocycles. The van der Waals surface area contributed by atoms with E-state index >= 15 is 0 Å². The minimum atomic E-state index is -0.119. The molecule has 0 fully saturated rings. The number of hydrogen-bond donors (Lipinski definition) is 1. The Labute approximate surface area is 170 Å². The lowest BCUT2D eigenvalue weighted by molar-refractivity contribution is 0.0951. The van der Waals surface area contributed by atoms with Crippen LogP contribution in [0.3, 0.4) is 0 Å². The average Bonchev–Trinajstić information content (AvgIpc) is 2.61. The zero-order chi connectivity index (χ0) is 19.8. The average molecular weight is 434 g/mol. The highest BCUT2D eigenvalue weighted by Crippen LogP contribution is 2.26. The maximum Gasteiger partial charge on any atom is 0.251 e. The Hall–Kier alpha value is -2.01. The van der Waals surface area contributed by atoms with Gasteiger partial charge in [-0.15, -0.1) is 0 Å². The Morgan fingerprint density at radius 2 is 1.78 bits per heavy atom. The predicted molar refractivity (Wildman–Crippen MR) is 112 cm³/mol. The van der Waals surface area contributed by atoms with Crippen molar-refractivity contribution in [3.63, 3.8) is 0 Å². The van der Waals surface area contributed by atoms with Gasteiger partial charge in [0.15, 0.2) is 0 Å². The minimum absolute atomic E-state index is 0.119. The third-order valence-electron chi connectivity index (χ3n) is 3.90. The first kappa shape index (κ1) is 21.3. The summed E-state index contributed by atoms with van der Waals surface area (Å²) in [5, 5.41) is 2.94. The highest BCUT2D eigenvalue weighted by Gasteiger charge is 2.10. The van der Waals surface area contributed by atoms with Crippen molar-refractivity contribution in [1.29, 1.82) is 0 Å². The van der Waals surface area contributed by atoms with Crippen molar-refractivity contribution in [3.8, 4) is 11.5 Å². The van der Waals surface area contributed by atoms with Crippen LogP contribution in [0.1, 0.15) is 50.0 Å². The maximum atomic E-state index is 12.4. The van der Waals surface area contributed by atoms with Crippen molar-refractivity contribution in [2.75, 3.05) is 6.61 Å². The number of halogens is 1. The van der Waals surface area contributed by atoms with E-state index in [1.807, 2.05) is 44.2 Å². The van der Waals surface area contributed by atoms with Gasteiger partial charge in [0, 0.05) is 12.1 Å². The van der Waals surface area contributed by atoms with Crippen molar-refractivity contribution in [1.82, 2.24) is 5.32 Å². The number of hydrogen-bond acceptors (Lipinski definition) is 3. The summed E-state index contributed by atoms with van der Waals surface area (Å²) in [7, 11) is 0. The molecule has 2 rings (SSSR count). The Bertz CT molecular complexity index is 742. The van der Waals surface area contributed by atoms with Crippen LogP contribution in [0.2, 0.25) is 0 Å². The first-order valence-corrected chi connectivity index (χ1v) is 10.1. The first-order chi connectivity index (χ1) is 12.8. The van der Waals surface area contributed by atoms with Crippen LogP contribution < -0.4 is 14.8 Å². The van der Waals surface area contributed by atoms with Crippen molar-refractivity contribution < 1.29 is 14.3 Å².